The molecule has 1 atom stereocenters. The molecular weight excluding hydrogens is 419 g/mol. The monoisotopic (exact) mass is 440 g/mol. The second kappa shape index (κ2) is 9.08. The summed E-state index contributed by atoms with van der Waals surface area (Å²) >= 11 is 0. The molecule has 5 rings (SSSR count). The van der Waals surface area contributed by atoms with Crippen LogP contribution in [0.15, 0.2) is 96.4 Å². The average molecular weight is 440 g/mol. The van der Waals surface area contributed by atoms with Crippen molar-refractivity contribution in [2.24, 2.45) is 5.16 Å². The van der Waals surface area contributed by atoms with Crippen molar-refractivity contribution in [1.29, 1.82) is 0 Å². The first kappa shape index (κ1) is 20.6. The number of imidazole rings is 1. The number of rotatable bonds is 6. The van der Waals surface area contributed by atoms with E-state index in [1.54, 1.807) is 18.5 Å². The first-order valence-corrected chi connectivity index (χ1v) is 10.6. The molecule has 1 aliphatic rings. The summed E-state index contributed by atoms with van der Waals surface area (Å²) in [5, 5.41) is 6.99. The fourth-order valence-corrected chi connectivity index (χ4v) is 3.77. The summed E-state index contributed by atoms with van der Waals surface area (Å²) in [7, 11) is 0. The highest BCUT2D eigenvalue weighted by atomic mass is 19.1. The lowest BCUT2D eigenvalue weighted by atomic mass is 10.0. The van der Waals surface area contributed by atoms with Crippen molar-refractivity contribution in [3.8, 4) is 11.3 Å². The molecule has 0 saturated carbocycles. The molecule has 0 bridgehead atoms. The lowest BCUT2D eigenvalue weighted by molar-refractivity contribution is -0.110. The van der Waals surface area contributed by atoms with Crippen LogP contribution in [0.4, 0.5) is 10.2 Å². The van der Waals surface area contributed by atoms with E-state index in [9.17, 15) is 9.18 Å². The number of hydrogen-bond donors (Lipinski definition) is 1. The Bertz CT molecular complexity index is 1290. The predicted octanol–water partition coefficient (Wildman–Crippen LogP) is 5.19. The first-order valence-electron chi connectivity index (χ1n) is 10.6. The summed E-state index contributed by atoms with van der Waals surface area (Å²) in [6.45, 7) is 0.514. The highest BCUT2D eigenvalue weighted by molar-refractivity contribution is 6.43. The van der Waals surface area contributed by atoms with Gasteiger partial charge in [-0.15, -0.1) is 0 Å². The minimum atomic E-state index is -0.355. The van der Waals surface area contributed by atoms with Gasteiger partial charge in [-0.2, -0.15) is 0 Å². The lowest BCUT2D eigenvalue weighted by Crippen LogP contribution is -2.24. The van der Waals surface area contributed by atoms with Gasteiger partial charge in [0.1, 0.15) is 23.0 Å². The fourth-order valence-electron chi connectivity index (χ4n) is 3.77. The molecule has 164 valence electrons. The number of nitrogens with one attached hydrogen (secondary N) is 1. The maximum atomic E-state index is 13.5. The maximum absolute atomic E-state index is 13.5. The van der Waals surface area contributed by atoms with Gasteiger partial charge in [0.25, 0.3) is 5.91 Å². The Hall–Kier alpha value is -4.26. The maximum Gasteiger partial charge on any atom is 0.274 e. The number of oxime groups is 1. The van der Waals surface area contributed by atoms with Gasteiger partial charge in [0, 0.05) is 12.0 Å². The van der Waals surface area contributed by atoms with E-state index in [1.165, 1.54) is 12.1 Å². The summed E-state index contributed by atoms with van der Waals surface area (Å²) in [6.07, 6.45) is 1.74. The van der Waals surface area contributed by atoms with Crippen LogP contribution < -0.4 is 5.32 Å². The molecule has 1 aliphatic heterocycles. The molecular formula is C26H21FN4O2. The van der Waals surface area contributed by atoms with Crippen LogP contribution in [0.5, 0.6) is 0 Å². The van der Waals surface area contributed by atoms with Crippen molar-refractivity contribution in [2.45, 2.75) is 19.1 Å². The SMILES string of the molecule is O=C(Nc1c(-c2ccc(F)cc2)ncn1Cc1ccccc1)C1=NOC(c2ccccc2)C1. The van der Waals surface area contributed by atoms with Crippen molar-refractivity contribution >= 4 is 17.4 Å². The van der Waals surface area contributed by atoms with E-state index < -0.39 is 0 Å². The molecule has 1 amide bonds. The third kappa shape index (κ3) is 4.52. The Morgan fingerprint density at radius 1 is 1.00 bits per heavy atom. The minimum absolute atomic E-state index is 0.294. The summed E-state index contributed by atoms with van der Waals surface area (Å²) in [4.78, 5) is 23.1. The molecule has 1 unspecified atom stereocenters. The summed E-state index contributed by atoms with van der Waals surface area (Å²) in [5.41, 5.74) is 3.58. The van der Waals surface area contributed by atoms with E-state index in [2.05, 4.69) is 15.5 Å². The molecule has 4 aromatic rings. The molecule has 0 radical (unpaired) electrons. The molecule has 2 heterocycles. The highest BCUT2D eigenvalue weighted by Crippen LogP contribution is 2.30. The topological polar surface area (TPSA) is 68.5 Å². The summed E-state index contributed by atoms with van der Waals surface area (Å²) < 4.78 is 15.3. The van der Waals surface area contributed by atoms with Gasteiger partial charge in [0.15, 0.2) is 6.10 Å². The van der Waals surface area contributed by atoms with E-state index >= 15 is 0 Å². The number of nitrogens with zero attached hydrogens (tertiary/aromatic N) is 3. The molecule has 3 aromatic carbocycles. The number of halogens is 1. The molecule has 0 aliphatic carbocycles. The molecule has 33 heavy (non-hydrogen) atoms. The van der Waals surface area contributed by atoms with Crippen molar-refractivity contribution in [2.75, 3.05) is 5.32 Å². The van der Waals surface area contributed by atoms with Gasteiger partial charge in [0.05, 0.1) is 12.9 Å². The third-order valence-corrected chi connectivity index (χ3v) is 5.49. The first-order chi connectivity index (χ1) is 16.2. The van der Waals surface area contributed by atoms with Gasteiger partial charge in [-0.25, -0.2) is 9.37 Å². The minimum Gasteiger partial charge on any atom is -0.387 e. The van der Waals surface area contributed by atoms with Crippen LogP contribution in [0.1, 0.15) is 23.7 Å². The van der Waals surface area contributed by atoms with E-state index in [1.807, 2.05) is 65.2 Å². The molecule has 6 nitrogen and oxygen atoms in total. The Kier molecular flexibility index (Phi) is 5.68. The standard InChI is InChI=1S/C26H21FN4O2/c27-21-13-11-20(12-14-21)24-25(31(17-28-24)16-18-7-3-1-4-8-18)29-26(32)22-15-23(33-30-22)19-9-5-2-6-10-19/h1-14,17,23H,15-16H2,(H,29,32). The predicted molar refractivity (Wildman–Crippen MR) is 124 cm³/mol. The van der Waals surface area contributed by atoms with Gasteiger partial charge < -0.3 is 14.7 Å². The van der Waals surface area contributed by atoms with Crippen LogP contribution in [0.3, 0.4) is 0 Å². The van der Waals surface area contributed by atoms with Crippen LogP contribution in [-0.2, 0) is 16.2 Å². The number of anilines is 1. The normalized spacial score (nSPS) is 15.1. The van der Waals surface area contributed by atoms with Gasteiger partial charge >= 0.3 is 0 Å². The second-order valence-electron chi connectivity index (χ2n) is 7.76. The van der Waals surface area contributed by atoms with Crippen LogP contribution >= 0.6 is 0 Å². The number of carbonyl (C=O) groups is 1. The van der Waals surface area contributed by atoms with Crippen molar-refractivity contribution in [3.63, 3.8) is 0 Å². The zero-order chi connectivity index (χ0) is 22.6. The molecule has 7 heteroatoms. The summed E-state index contributed by atoms with van der Waals surface area (Å²) in [6, 6.07) is 25.6. The zero-order valence-electron chi connectivity index (χ0n) is 17.7. The van der Waals surface area contributed by atoms with E-state index in [-0.39, 0.29) is 17.8 Å². The second-order valence-corrected chi connectivity index (χ2v) is 7.76. The quantitative estimate of drug-likeness (QED) is 0.448. The molecule has 1 aromatic heterocycles. The van der Waals surface area contributed by atoms with Gasteiger partial charge in [-0.1, -0.05) is 65.8 Å². The Balaban J connectivity index is 1.41. The third-order valence-electron chi connectivity index (χ3n) is 5.49. The lowest BCUT2D eigenvalue weighted by Gasteiger charge is -2.12. The van der Waals surface area contributed by atoms with Crippen LogP contribution in [0.25, 0.3) is 11.3 Å². The van der Waals surface area contributed by atoms with Crippen LogP contribution in [0.2, 0.25) is 0 Å². The van der Waals surface area contributed by atoms with Gasteiger partial charge in [-0.05, 0) is 35.4 Å². The largest absolute Gasteiger partial charge is 0.387 e. The fraction of sp³-hybridized carbons (Fsp3) is 0.115. The van der Waals surface area contributed by atoms with Crippen LogP contribution in [-0.4, -0.2) is 21.2 Å². The number of aromatic nitrogens is 2. The average Bonchev–Trinajstić information content (AvgIpc) is 3.49. The Morgan fingerprint density at radius 2 is 1.70 bits per heavy atom. The summed E-state index contributed by atoms with van der Waals surface area (Å²) in [5.74, 6) is -0.176. The number of carbonyl (C=O) groups excluding carboxylic acids is 1. The van der Waals surface area contributed by atoms with Crippen molar-refractivity contribution in [3.05, 3.63) is 108 Å². The van der Waals surface area contributed by atoms with Crippen molar-refractivity contribution in [1.82, 2.24) is 9.55 Å². The Labute approximate surface area is 190 Å². The molecule has 0 fully saturated rings. The van der Waals surface area contributed by atoms with Gasteiger partial charge in [-0.3, -0.25) is 4.79 Å². The van der Waals surface area contributed by atoms with E-state index in [0.717, 1.165) is 11.1 Å². The van der Waals surface area contributed by atoms with Gasteiger partial charge in [0.2, 0.25) is 0 Å². The van der Waals surface area contributed by atoms with Crippen LogP contribution in [0, 0.1) is 5.82 Å². The number of hydrogen-bond acceptors (Lipinski definition) is 4. The zero-order valence-corrected chi connectivity index (χ0v) is 17.7. The highest BCUT2D eigenvalue weighted by Gasteiger charge is 2.28. The Morgan fingerprint density at radius 3 is 2.42 bits per heavy atom. The van der Waals surface area contributed by atoms with E-state index in [4.69, 9.17) is 4.84 Å². The van der Waals surface area contributed by atoms with E-state index in [0.29, 0.717) is 35.8 Å². The number of amides is 1. The molecule has 1 N–H and O–H groups in total. The molecule has 0 saturated heterocycles. The molecule has 0 spiro atoms. The van der Waals surface area contributed by atoms with Crippen molar-refractivity contribution < 1.29 is 14.0 Å². The smallest absolute Gasteiger partial charge is 0.274 e. The number of benzene rings is 3.